The van der Waals surface area contributed by atoms with E-state index in [4.69, 9.17) is 0 Å². The highest BCUT2D eigenvalue weighted by Gasteiger charge is 2.41. The Balaban J connectivity index is 2.11. The first-order chi connectivity index (χ1) is 12.0. The second-order valence-corrected chi connectivity index (χ2v) is 6.57. The molecule has 1 N–H and O–H groups in total. The van der Waals surface area contributed by atoms with Crippen LogP contribution in [0.1, 0.15) is 5.56 Å². The fourth-order valence-corrected chi connectivity index (χ4v) is 3.09. The van der Waals surface area contributed by atoms with Crippen LogP contribution in [0.25, 0.3) is 5.57 Å². The van der Waals surface area contributed by atoms with Crippen molar-refractivity contribution in [2.75, 3.05) is 25.1 Å². The van der Waals surface area contributed by atoms with Gasteiger partial charge in [-0.2, -0.15) is 0 Å². The molecule has 2 aromatic rings. The number of nitrogens with zero attached hydrogens (tertiary/aromatic N) is 2. The van der Waals surface area contributed by atoms with Gasteiger partial charge in [0.25, 0.3) is 11.8 Å². The summed E-state index contributed by atoms with van der Waals surface area (Å²) in [5.41, 5.74) is 1.84. The molecule has 1 aliphatic rings. The van der Waals surface area contributed by atoms with Crippen LogP contribution in [-0.2, 0) is 9.59 Å². The fraction of sp³-hybridized carbons (Fsp3) is 0.158. The van der Waals surface area contributed by atoms with Crippen molar-refractivity contribution in [1.82, 2.24) is 4.90 Å². The lowest BCUT2D eigenvalue weighted by atomic mass is 10.0. The molecule has 0 radical (unpaired) electrons. The lowest BCUT2D eigenvalue weighted by Gasteiger charge is -2.20. The normalized spacial score (nSPS) is 14.4. The summed E-state index contributed by atoms with van der Waals surface area (Å²) in [6.07, 6.45) is 0. The van der Waals surface area contributed by atoms with Crippen molar-refractivity contribution in [3.63, 3.8) is 0 Å². The molecule has 0 fully saturated rings. The Morgan fingerprint density at radius 3 is 2.24 bits per heavy atom. The van der Waals surface area contributed by atoms with Gasteiger partial charge >= 0.3 is 0 Å². The molecule has 1 aliphatic heterocycles. The minimum absolute atomic E-state index is 0.109. The highest BCUT2D eigenvalue weighted by Crippen LogP contribution is 2.34. The molecule has 6 heteroatoms. The van der Waals surface area contributed by atoms with Crippen LogP contribution >= 0.6 is 15.9 Å². The van der Waals surface area contributed by atoms with E-state index < -0.39 is 0 Å². The predicted octanol–water partition coefficient (Wildman–Crippen LogP) is 2.66. The van der Waals surface area contributed by atoms with Crippen LogP contribution in [0.5, 0.6) is 0 Å². The van der Waals surface area contributed by atoms with E-state index in [0.717, 1.165) is 4.47 Å². The Bertz CT molecular complexity index is 832. The first-order valence-corrected chi connectivity index (χ1v) is 8.60. The Hall–Kier alpha value is -2.44. The van der Waals surface area contributed by atoms with Crippen LogP contribution in [0.4, 0.5) is 5.69 Å². The minimum atomic E-state index is -0.387. The summed E-state index contributed by atoms with van der Waals surface area (Å²) in [5, 5.41) is 9.24. The molecule has 1 heterocycles. The summed E-state index contributed by atoms with van der Waals surface area (Å²) < 4.78 is 0.865. The second kappa shape index (κ2) is 7.21. The third kappa shape index (κ3) is 3.23. The average molecular weight is 401 g/mol. The second-order valence-electron chi connectivity index (χ2n) is 5.66. The van der Waals surface area contributed by atoms with Crippen molar-refractivity contribution < 1.29 is 14.7 Å². The first kappa shape index (κ1) is 17.4. The number of carbonyl (C=O) groups excluding carboxylic acids is 2. The van der Waals surface area contributed by atoms with Crippen molar-refractivity contribution in [1.29, 1.82) is 0 Å². The van der Waals surface area contributed by atoms with Gasteiger partial charge in [-0.05, 0) is 29.8 Å². The number of anilines is 1. The van der Waals surface area contributed by atoms with Gasteiger partial charge < -0.3 is 10.0 Å². The van der Waals surface area contributed by atoms with E-state index in [1.54, 1.807) is 48.3 Å². The maximum Gasteiger partial charge on any atom is 0.282 e. The molecule has 0 unspecified atom stereocenters. The number of rotatable bonds is 5. The van der Waals surface area contributed by atoms with E-state index in [9.17, 15) is 14.7 Å². The number of amides is 2. The molecule has 0 saturated carbocycles. The van der Waals surface area contributed by atoms with Crippen LogP contribution in [0, 0.1) is 0 Å². The summed E-state index contributed by atoms with van der Waals surface area (Å²) in [4.78, 5) is 28.9. The predicted molar refractivity (Wildman–Crippen MR) is 99.7 cm³/mol. The number of halogens is 1. The fourth-order valence-electron chi connectivity index (χ4n) is 2.82. The zero-order valence-electron chi connectivity index (χ0n) is 13.6. The van der Waals surface area contributed by atoms with E-state index in [2.05, 4.69) is 15.9 Å². The van der Waals surface area contributed by atoms with Crippen LogP contribution in [0.3, 0.4) is 0 Å². The van der Waals surface area contributed by atoms with Gasteiger partial charge in [0.05, 0.1) is 17.9 Å². The third-order valence-corrected chi connectivity index (χ3v) is 4.55. The van der Waals surface area contributed by atoms with Crippen molar-refractivity contribution >= 4 is 39.0 Å². The van der Waals surface area contributed by atoms with Gasteiger partial charge in [0, 0.05) is 18.1 Å². The number of likely N-dealkylation sites (N-methyl/N-ethyl adjacent to an activating group) is 1. The first-order valence-electron chi connectivity index (χ1n) is 7.80. The standard InChI is InChI=1S/C19H17BrN2O3/c1-21(11-12-23)17-16(13-5-3-2-4-6-13)18(24)22(19(17)25)15-9-7-14(20)8-10-15/h2-10,23H,11-12H2,1H3. The van der Waals surface area contributed by atoms with Crippen molar-refractivity contribution in [3.8, 4) is 0 Å². The van der Waals surface area contributed by atoms with Crippen molar-refractivity contribution in [2.45, 2.75) is 0 Å². The topological polar surface area (TPSA) is 60.9 Å². The summed E-state index contributed by atoms with van der Waals surface area (Å²) in [6.45, 7) is 0.153. The Morgan fingerprint density at radius 1 is 1.00 bits per heavy atom. The summed E-state index contributed by atoms with van der Waals surface area (Å²) in [7, 11) is 1.70. The van der Waals surface area contributed by atoms with Gasteiger partial charge in [-0.15, -0.1) is 0 Å². The van der Waals surface area contributed by atoms with Crippen molar-refractivity contribution in [2.24, 2.45) is 0 Å². The van der Waals surface area contributed by atoms with Crippen LogP contribution in [0.15, 0.2) is 64.8 Å². The molecule has 0 aliphatic carbocycles. The number of hydrogen-bond acceptors (Lipinski definition) is 4. The molecule has 0 aromatic heterocycles. The lowest BCUT2D eigenvalue weighted by molar-refractivity contribution is -0.120. The SMILES string of the molecule is CN(CCO)C1=C(c2ccccc2)C(=O)N(c2ccc(Br)cc2)C1=O. The quantitative estimate of drug-likeness (QED) is 0.783. The van der Waals surface area contributed by atoms with Crippen LogP contribution in [-0.4, -0.2) is 42.0 Å². The van der Waals surface area contributed by atoms with Gasteiger partial charge in [-0.25, -0.2) is 4.90 Å². The van der Waals surface area contributed by atoms with E-state index in [1.807, 2.05) is 18.2 Å². The Labute approximate surface area is 154 Å². The van der Waals surface area contributed by atoms with Gasteiger partial charge in [0.15, 0.2) is 0 Å². The zero-order valence-corrected chi connectivity index (χ0v) is 15.2. The van der Waals surface area contributed by atoms with Crippen LogP contribution in [0.2, 0.25) is 0 Å². The Kier molecular flexibility index (Phi) is 5.01. The summed E-state index contributed by atoms with van der Waals surface area (Å²) in [6, 6.07) is 16.1. The van der Waals surface area contributed by atoms with Crippen molar-refractivity contribution in [3.05, 3.63) is 70.3 Å². The van der Waals surface area contributed by atoms with Gasteiger partial charge in [-0.1, -0.05) is 46.3 Å². The number of aliphatic hydroxyl groups excluding tert-OH is 1. The third-order valence-electron chi connectivity index (χ3n) is 4.02. The molecular weight excluding hydrogens is 384 g/mol. The highest BCUT2D eigenvalue weighted by atomic mass is 79.9. The average Bonchev–Trinajstić information content (AvgIpc) is 2.87. The molecule has 0 atom stereocenters. The van der Waals surface area contributed by atoms with E-state index in [1.165, 1.54) is 4.90 Å². The molecule has 2 aromatic carbocycles. The minimum Gasteiger partial charge on any atom is -0.395 e. The number of imide groups is 1. The molecule has 128 valence electrons. The Morgan fingerprint density at radius 2 is 1.64 bits per heavy atom. The summed E-state index contributed by atoms with van der Waals surface area (Å²) >= 11 is 3.35. The van der Waals surface area contributed by atoms with E-state index >= 15 is 0 Å². The number of benzene rings is 2. The van der Waals surface area contributed by atoms with Gasteiger partial charge in [0.1, 0.15) is 5.70 Å². The molecule has 0 bridgehead atoms. The largest absolute Gasteiger partial charge is 0.395 e. The number of carbonyl (C=O) groups is 2. The van der Waals surface area contributed by atoms with Gasteiger partial charge in [0.2, 0.25) is 0 Å². The monoisotopic (exact) mass is 400 g/mol. The smallest absolute Gasteiger partial charge is 0.282 e. The highest BCUT2D eigenvalue weighted by molar-refractivity contribution is 9.10. The zero-order chi connectivity index (χ0) is 18.0. The number of hydrogen-bond donors (Lipinski definition) is 1. The molecule has 0 saturated heterocycles. The molecule has 3 rings (SSSR count). The van der Waals surface area contributed by atoms with E-state index in [0.29, 0.717) is 22.5 Å². The molecule has 0 spiro atoms. The lowest BCUT2D eigenvalue weighted by Crippen LogP contribution is -2.34. The van der Waals surface area contributed by atoms with Crippen LogP contribution < -0.4 is 4.90 Å². The molecule has 25 heavy (non-hydrogen) atoms. The maximum absolute atomic E-state index is 13.1. The molecule has 5 nitrogen and oxygen atoms in total. The van der Waals surface area contributed by atoms with Gasteiger partial charge in [-0.3, -0.25) is 9.59 Å². The molecule has 2 amide bonds. The maximum atomic E-state index is 13.1. The summed E-state index contributed by atoms with van der Waals surface area (Å²) in [5.74, 6) is -0.750. The van der Waals surface area contributed by atoms with E-state index in [-0.39, 0.29) is 25.0 Å². The molecular formula is C19H17BrN2O3. The number of aliphatic hydroxyl groups is 1.